The molecular formula is C13H13NO3. The fraction of sp³-hybridized carbons (Fsp3) is 0.231. The minimum atomic E-state index is -0.550. The van der Waals surface area contributed by atoms with Gasteiger partial charge in [-0.15, -0.1) is 0 Å². The number of nitriles is 1. The summed E-state index contributed by atoms with van der Waals surface area (Å²) < 4.78 is 9.70. The number of carbonyl (C=O) groups is 1. The smallest absolute Gasteiger partial charge is 0.337 e. The molecule has 0 spiro atoms. The summed E-state index contributed by atoms with van der Waals surface area (Å²) in [5, 5.41) is 9.12. The summed E-state index contributed by atoms with van der Waals surface area (Å²) in [5.41, 5.74) is 1.68. The van der Waals surface area contributed by atoms with Crippen LogP contribution in [0, 0.1) is 18.3 Å². The van der Waals surface area contributed by atoms with E-state index in [1.807, 2.05) is 6.07 Å². The number of nitrogens with zero attached hydrogens (tertiary/aromatic N) is 1. The molecule has 1 aromatic carbocycles. The van der Waals surface area contributed by atoms with Crippen LogP contribution in [0.5, 0.6) is 5.75 Å². The third-order valence-electron chi connectivity index (χ3n) is 2.50. The van der Waals surface area contributed by atoms with Crippen molar-refractivity contribution in [3.63, 3.8) is 0 Å². The molecule has 0 bridgehead atoms. The normalized spacial score (nSPS) is 9.29. The highest BCUT2D eigenvalue weighted by atomic mass is 16.5. The van der Waals surface area contributed by atoms with Crippen molar-refractivity contribution in [1.29, 1.82) is 5.26 Å². The Bertz CT molecular complexity index is 512. The van der Waals surface area contributed by atoms with Gasteiger partial charge in [0.25, 0.3) is 0 Å². The molecule has 17 heavy (non-hydrogen) atoms. The van der Waals surface area contributed by atoms with Gasteiger partial charge in [0.15, 0.2) is 0 Å². The molecular weight excluding hydrogens is 218 g/mol. The number of ether oxygens (including phenoxy) is 2. The molecule has 0 heterocycles. The second-order valence-corrected chi connectivity index (χ2v) is 3.40. The Morgan fingerprint density at radius 1 is 1.41 bits per heavy atom. The van der Waals surface area contributed by atoms with Gasteiger partial charge in [-0.2, -0.15) is 5.26 Å². The standard InChI is InChI=1S/C13H13NO3/c1-8-11(7-14)10(5-6-12(8)16-3)9(2)13(15)17-4/h5-6H,2H2,1,3-4H3. The van der Waals surface area contributed by atoms with Crippen molar-refractivity contribution in [1.82, 2.24) is 0 Å². The Balaban J connectivity index is 3.37. The predicted molar refractivity (Wildman–Crippen MR) is 63.5 cm³/mol. The Morgan fingerprint density at radius 3 is 2.53 bits per heavy atom. The molecule has 0 amide bonds. The summed E-state index contributed by atoms with van der Waals surface area (Å²) in [6.07, 6.45) is 0. The van der Waals surface area contributed by atoms with Crippen molar-refractivity contribution in [2.75, 3.05) is 14.2 Å². The highest BCUT2D eigenvalue weighted by molar-refractivity contribution is 6.16. The maximum atomic E-state index is 11.4. The van der Waals surface area contributed by atoms with Crippen LogP contribution in [-0.2, 0) is 9.53 Å². The van der Waals surface area contributed by atoms with Gasteiger partial charge in [-0.3, -0.25) is 0 Å². The number of hydrogen-bond acceptors (Lipinski definition) is 4. The highest BCUT2D eigenvalue weighted by Crippen LogP contribution is 2.28. The quantitative estimate of drug-likeness (QED) is 0.590. The summed E-state index contributed by atoms with van der Waals surface area (Å²) in [6.45, 7) is 5.39. The molecule has 0 atom stereocenters. The van der Waals surface area contributed by atoms with Crippen molar-refractivity contribution in [2.24, 2.45) is 0 Å². The van der Waals surface area contributed by atoms with Gasteiger partial charge in [0.05, 0.1) is 25.4 Å². The number of hydrogen-bond donors (Lipinski definition) is 0. The van der Waals surface area contributed by atoms with E-state index in [1.54, 1.807) is 19.1 Å². The van der Waals surface area contributed by atoms with Gasteiger partial charge >= 0.3 is 5.97 Å². The molecule has 0 saturated carbocycles. The summed E-state index contributed by atoms with van der Waals surface area (Å²) in [4.78, 5) is 11.4. The van der Waals surface area contributed by atoms with E-state index in [-0.39, 0.29) is 5.57 Å². The van der Waals surface area contributed by atoms with E-state index in [0.717, 1.165) is 0 Å². The second-order valence-electron chi connectivity index (χ2n) is 3.40. The molecule has 1 rings (SSSR count). The number of methoxy groups -OCH3 is 2. The molecule has 0 N–H and O–H groups in total. The average Bonchev–Trinajstić information content (AvgIpc) is 2.36. The van der Waals surface area contributed by atoms with Gasteiger partial charge in [0.1, 0.15) is 11.8 Å². The lowest BCUT2D eigenvalue weighted by Gasteiger charge is -2.11. The topological polar surface area (TPSA) is 59.3 Å². The first-order chi connectivity index (χ1) is 8.06. The molecule has 0 fully saturated rings. The predicted octanol–water partition coefficient (Wildman–Crippen LogP) is 2.06. The molecule has 0 aliphatic carbocycles. The molecule has 0 aliphatic rings. The van der Waals surface area contributed by atoms with E-state index in [2.05, 4.69) is 11.3 Å². The van der Waals surface area contributed by atoms with E-state index in [0.29, 0.717) is 22.4 Å². The number of esters is 1. The van der Waals surface area contributed by atoms with E-state index in [9.17, 15) is 4.79 Å². The van der Waals surface area contributed by atoms with Gasteiger partial charge in [-0.05, 0) is 19.1 Å². The maximum Gasteiger partial charge on any atom is 0.337 e. The number of carbonyl (C=O) groups excluding carboxylic acids is 1. The zero-order valence-electron chi connectivity index (χ0n) is 10.0. The Kier molecular flexibility index (Phi) is 3.89. The van der Waals surface area contributed by atoms with Crippen LogP contribution in [0.1, 0.15) is 16.7 Å². The highest BCUT2D eigenvalue weighted by Gasteiger charge is 2.17. The summed E-state index contributed by atoms with van der Waals surface area (Å²) >= 11 is 0. The van der Waals surface area contributed by atoms with E-state index < -0.39 is 5.97 Å². The van der Waals surface area contributed by atoms with Gasteiger partial charge in [-0.25, -0.2) is 4.79 Å². The molecule has 1 aromatic rings. The fourth-order valence-electron chi connectivity index (χ4n) is 1.54. The minimum Gasteiger partial charge on any atom is -0.496 e. The molecule has 0 unspecified atom stereocenters. The minimum absolute atomic E-state index is 0.162. The monoisotopic (exact) mass is 231 g/mol. The molecule has 0 saturated heterocycles. The van der Waals surface area contributed by atoms with Crippen LogP contribution in [0.2, 0.25) is 0 Å². The van der Waals surface area contributed by atoms with E-state index >= 15 is 0 Å². The first kappa shape index (κ1) is 12.8. The lowest BCUT2D eigenvalue weighted by Crippen LogP contribution is -2.05. The van der Waals surface area contributed by atoms with Crippen LogP contribution in [0.4, 0.5) is 0 Å². The van der Waals surface area contributed by atoms with Crippen LogP contribution >= 0.6 is 0 Å². The van der Waals surface area contributed by atoms with Gasteiger partial charge in [0.2, 0.25) is 0 Å². The van der Waals surface area contributed by atoms with E-state index in [1.165, 1.54) is 14.2 Å². The second kappa shape index (κ2) is 5.17. The SMILES string of the molecule is C=C(C(=O)OC)c1ccc(OC)c(C)c1C#N. The summed E-state index contributed by atoms with van der Waals surface area (Å²) in [7, 11) is 2.80. The van der Waals surface area contributed by atoms with Crippen molar-refractivity contribution < 1.29 is 14.3 Å². The zero-order chi connectivity index (χ0) is 13.0. The molecule has 4 nitrogen and oxygen atoms in total. The van der Waals surface area contributed by atoms with Crippen LogP contribution in [0.15, 0.2) is 18.7 Å². The first-order valence-electron chi connectivity index (χ1n) is 4.92. The summed E-state index contributed by atoms with van der Waals surface area (Å²) in [5.74, 6) is 0.0500. The van der Waals surface area contributed by atoms with Crippen molar-refractivity contribution >= 4 is 11.5 Å². The first-order valence-corrected chi connectivity index (χ1v) is 4.92. The lowest BCUT2D eigenvalue weighted by molar-refractivity contribution is -0.133. The van der Waals surface area contributed by atoms with Gasteiger partial charge < -0.3 is 9.47 Å². The zero-order valence-corrected chi connectivity index (χ0v) is 10.0. The number of benzene rings is 1. The van der Waals surface area contributed by atoms with Crippen LogP contribution in [-0.4, -0.2) is 20.2 Å². The molecule has 4 heteroatoms. The van der Waals surface area contributed by atoms with Crippen LogP contribution in [0.3, 0.4) is 0 Å². The van der Waals surface area contributed by atoms with E-state index in [4.69, 9.17) is 10.00 Å². The molecule has 0 aliphatic heterocycles. The third kappa shape index (κ3) is 2.28. The fourth-order valence-corrected chi connectivity index (χ4v) is 1.54. The van der Waals surface area contributed by atoms with Crippen molar-refractivity contribution in [3.8, 4) is 11.8 Å². The van der Waals surface area contributed by atoms with Gasteiger partial charge in [0, 0.05) is 11.1 Å². The Labute approximate surface area is 100 Å². The van der Waals surface area contributed by atoms with Crippen molar-refractivity contribution in [2.45, 2.75) is 6.92 Å². The van der Waals surface area contributed by atoms with Gasteiger partial charge in [-0.1, -0.05) is 6.58 Å². The molecule has 88 valence electrons. The number of rotatable bonds is 3. The van der Waals surface area contributed by atoms with Crippen molar-refractivity contribution in [3.05, 3.63) is 35.4 Å². The lowest BCUT2D eigenvalue weighted by atomic mass is 9.97. The Morgan fingerprint density at radius 2 is 2.06 bits per heavy atom. The average molecular weight is 231 g/mol. The molecule has 0 aromatic heterocycles. The largest absolute Gasteiger partial charge is 0.496 e. The van der Waals surface area contributed by atoms with Crippen LogP contribution < -0.4 is 4.74 Å². The van der Waals surface area contributed by atoms with Crippen LogP contribution in [0.25, 0.3) is 5.57 Å². The third-order valence-corrected chi connectivity index (χ3v) is 2.50. The summed E-state index contributed by atoms with van der Waals surface area (Å²) in [6, 6.07) is 5.37. The molecule has 0 radical (unpaired) electrons. The maximum absolute atomic E-state index is 11.4. The Hall–Kier alpha value is -2.28.